The standard InChI is InChI=1S/C17H23N5O2/c1-11-13(10-18-21(11)2)17(23)22-9-4-3-8-14(22)16-20-19-15(24-16)12-6-5-7-12/h10,12,14H,3-9H2,1-2H3/t14-/m1/s1. The smallest absolute Gasteiger partial charge is 0.258 e. The van der Waals surface area contributed by atoms with E-state index in [1.165, 1.54) is 6.42 Å². The summed E-state index contributed by atoms with van der Waals surface area (Å²) in [5.41, 5.74) is 1.54. The third kappa shape index (κ3) is 2.52. The van der Waals surface area contributed by atoms with E-state index in [1.54, 1.807) is 10.9 Å². The Balaban J connectivity index is 1.59. The fourth-order valence-electron chi connectivity index (χ4n) is 3.50. The van der Waals surface area contributed by atoms with Crippen molar-refractivity contribution < 1.29 is 9.21 Å². The van der Waals surface area contributed by atoms with Gasteiger partial charge in [0.2, 0.25) is 11.8 Å². The minimum atomic E-state index is -0.118. The van der Waals surface area contributed by atoms with Gasteiger partial charge in [-0.25, -0.2) is 0 Å². The van der Waals surface area contributed by atoms with Gasteiger partial charge in [-0.15, -0.1) is 10.2 Å². The first-order chi connectivity index (χ1) is 11.6. The zero-order chi connectivity index (χ0) is 16.7. The van der Waals surface area contributed by atoms with Gasteiger partial charge in [0.1, 0.15) is 6.04 Å². The first kappa shape index (κ1) is 15.4. The topological polar surface area (TPSA) is 77.1 Å². The van der Waals surface area contributed by atoms with E-state index in [1.807, 2.05) is 18.9 Å². The number of nitrogens with zero attached hydrogens (tertiary/aromatic N) is 5. The van der Waals surface area contributed by atoms with Crippen molar-refractivity contribution in [3.63, 3.8) is 0 Å². The molecular weight excluding hydrogens is 306 g/mol. The number of hydrogen-bond acceptors (Lipinski definition) is 5. The lowest BCUT2D eigenvalue weighted by Crippen LogP contribution is -2.38. The van der Waals surface area contributed by atoms with Gasteiger partial charge >= 0.3 is 0 Å². The largest absolute Gasteiger partial charge is 0.423 e. The predicted octanol–water partition coefficient (Wildman–Crippen LogP) is 2.75. The third-order valence-electron chi connectivity index (χ3n) is 5.43. The number of carbonyl (C=O) groups excluding carboxylic acids is 1. The predicted molar refractivity (Wildman–Crippen MR) is 86.5 cm³/mol. The Bertz CT molecular complexity index is 746. The first-order valence-corrected chi connectivity index (χ1v) is 8.78. The maximum Gasteiger partial charge on any atom is 0.258 e. The van der Waals surface area contributed by atoms with Crippen LogP contribution in [0.1, 0.15) is 78.3 Å². The highest BCUT2D eigenvalue weighted by molar-refractivity contribution is 5.95. The average Bonchev–Trinajstić information content (AvgIpc) is 3.14. The molecule has 1 amide bonds. The van der Waals surface area contributed by atoms with Crippen molar-refractivity contribution in [2.75, 3.05) is 6.54 Å². The van der Waals surface area contributed by atoms with Gasteiger partial charge < -0.3 is 9.32 Å². The number of rotatable bonds is 3. The van der Waals surface area contributed by atoms with Gasteiger partial charge in [0.25, 0.3) is 5.91 Å². The van der Waals surface area contributed by atoms with Crippen LogP contribution in [0.15, 0.2) is 10.6 Å². The molecule has 2 fully saturated rings. The maximum atomic E-state index is 13.0. The van der Waals surface area contributed by atoms with E-state index < -0.39 is 0 Å². The number of likely N-dealkylation sites (tertiary alicyclic amines) is 1. The van der Waals surface area contributed by atoms with Crippen molar-refractivity contribution in [2.45, 2.75) is 57.4 Å². The Hall–Kier alpha value is -2.18. The summed E-state index contributed by atoms with van der Waals surface area (Å²) >= 11 is 0. The van der Waals surface area contributed by atoms with Crippen molar-refractivity contribution in [1.82, 2.24) is 24.9 Å². The highest BCUT2D eigenvalue weighted by Gasteiger charge is 2.35. The van der Waals surface area contributed by atoms with Crippen molar-refractivity contribution >= 4 is 5.91 Å². The minimum absolute atomic E-state index is 0.00805. The normalized spacial score (nSPS) is 21.8. The second-order valence-electron chi connectivity index (χ2n) is 6.88. The lowest BCUT2D eigenvalue weighted by atomic mass is 9.85. The van der Waals surface area contributed by atoms with Crippen LogP contribution < -0.4 is 0 Å². The number of carbonyl (C=O) groups is 1. The highest BCUT2D eigenvalue weighted by atomic mass is 16.4. The summed E-state index contributed by atoms with van der Waals surface area (Å²) in [5, 5.41) is 12.7. The molecular formula is C17H23N5O2. The van der Waals surface area contributed by atoms with E-state index in [4.69, 9.17) is 4.42 Å². The average molecular weight is 329 g/mol. The molecule has 7 heteroatoms. The number of piperidine rings is 1. The van der Waals surface area contributed by atoms with Gasteiger partial charge in [0.15, 0.2) is 0 Å². The van der Waals surface area contributed by atoms with Gasteiger partial charge in [0.05, 0.1) is 11.8 Å². The molecule has 1 saturated heterocycles. The molecule has 2 aliphatic rings. The van der Waals surface area contributed by atoms with Crippen molar-refractivity contribution in [3.8, 4) is 0 Å². The van der Waals surface area contributed by atoms with Crippen LogP contribution in [0.25, 0.3) is 0 Å². The van der Waals surface area contributed by atoms with E-state index in [0.717, 1.165) is 50.2 Å². The molecule has 1 saturated carbocycles. The Morgan fingerprint density at radius 3 is 2.62 bits per heavy atom. The molecule has 0 spiro atoms. The van der Waals surface area contributed by atoms with Crippen molar-refractivity contribution in [2.24, 2.45) is 7.05 Å². The second-order valence-corrected chi connectivity index (χ2v) is 6.88. The summed E-state index contributed by atoms with van der Waals surface area (Å²) < 4.78 is 7.67. The summed E-state index contributed by atoms with van der Waals surface area (Å²) in [7, 11) is 1.85. The first-order valence-electron chi connectivity index (χ1n) is 8.78. The summed E-state index contributed by atoms with van der Waals surface area (Å²) in [6, 6.07) is -0.118. The molecule has 0 N–H and O–H groups in total. The number of aryl methyl sites for hydroxylation is 1. The number of hydrogen-bond donors (Lipinski definition) is 0. The molecule has 1 aliphatic heterocycles. The number of amides is 1. The second kappa shape index (κ2) is 6.03. The monoisotopic (exact) mass is 329 g/mol. The molecule has 0 unspecified atom stereocenters. The fraction of sp³-hybridized carbons (Fsp3) is 0.647. The van der Waals surface area contributed by atoms with Crippen LogP contribution in [0.3, 0.4) is 0 Å². The van der Waals surface area contributed by atoms with Crippen LogP contribution in [0.2, 0.25) is 0 Å². The van der Waals surface area contributed by atoms with E-state index in [0.29, 0.717) is 17.4 Å². The van der Waals surface area contributed by atoms with Crippen LogP contribution in [0.5, 0.6) is 0 Å². The molecule has 0 radical (unpaired) electrons. The zero-order valence-corrected chi connectivity index (χ0v) is 14.2. The van der Waals surface area contributed by atoms with Crippen LogP contribution in [-0.4, -0.2) is 37.3 Å². The Morgan fingerprint density at radius 2 is 1.96 bits per heavy atom. The van der Waals surface area contributed by atoms with Crippen LogP contribution in [-0.2, 0) is 7.05 Å². The van der Waals surface area contributed by atoms with E-state index in [-0.39, 0.29) is 11.9 Å². The van der Waals surface area contributed by atoms with Gasteiger partial charge in [-0.05, 0) is 39.0 Å². The molecule has 24 heavy (non-hydrogen) atoms. The molecule has 4 rings (SSSR count). The van der Waals surface area contributed by atoms with Crippen molar-refractivity contribution in [1.29, 1.82) is 0 Å². The van der Waals surface area contributed by atoms with Crippen LogP contribution in [0.4, 0.5) is 0 Å². The molecule has 7 nitrogen and oxygen atoms in total. The summed E-state index contributed by atoms with van der Waals surface area (Å²) in [6.07, 6.45) is 8.09. The molecule has 1 aliphatic carbocycles. The third-order valence-corrected chi connectivity index (χ3v) is 5.43. The number of aromatic nitrogens is 4. The summed E-state index contributed by atoms with van der Waals surface area (Å²) in [4.78, 5) is 14.9. The van der Waals surface area contributed by atoms with Gasteiger partial charge in [-0.1, -0.05) is 6.42 Å². The van der Waals surface area contributed by atoms with Crippen LogP contribution >= 0.6 is 0 Å². The Morgan fingerprint density at radius 1 is 1.17 bits per heavy atom. The maximum absolute atomic E-state index is 13.0. The quantitative estimate of drug-likeness (QED) is 0.865. The zero-order valence-electron chi connectivity index (χ0n) is 14.2. The minimum Gasteiger partial charge on any atom is -0.423 e. The molecule has 0 bridgehead atoms. The summed E-state index contributed by atoms with van der Waals surface area (Å²) in [5.74, 6) is 1.76. The van der Waals surface area contributed by atoms with Gasteiger partial charge in [-0.3, -0.25) is 9.48 Å². The van der Waals surface area contributed by atoms with E-state index in [9.17, 15) is 4.79 Å². The fourth-order valence-corrected chi connectivity index (χ4v) is 3.50. The molecule has 1 atom stereocenters. The Labute approximate surface area is 141 Å². The van der Waals surface area contributed by atoms with Crippen LogP contribution in [0, 0.1) is 6.92 Å². The molecule has 2 aromatic heterocycles. The van der Waals surface area contributed by atoms with E-state index in [2.05, 4.69) is 15.3 Å². The molecule has 2 aromatic rings. The van der Waals surface area contributed by atoms with Gasteiger partial charge in [-0.2, -0.15) is 5.10 Å². The highest BCUT2D eigenvalue weighted by Crippen LogP contribution is 2.38. The summed E-state index contributed by atoms with van der Waals surface area (Å²) in [6.45, 7) is 2.64. The molecule has 128 valence electrons. The molecule has 0 aromatic carbocycles. The lowest BCUT2D eigenvalue weighted by molar-refractivity contribution is 0.0567. The molecule has 3 heterocycles. The van der Waals surface area contributed by atoms with E-state index >= 15 is 0 Å². The lowest BCUT2D eigenvalue weighted by Gasteiger charge is -2.33. The SMILES string of the molecule is Cc1c(C(=O)N2CCCC[C@@H]2c2nnc(C3CCC3)o2)cnn1C. The van der Waals surface area contributed by atoms with Gasteiger partial charge in [0, 0.05) is 25.2 Å². The van der Waals surface area contributed by atoms with Crippen molar-refractivity contribution in [3.05, 3.63) is 29.2 Å². The Kier molecular flexibility index (Phi) is 3.86.